The lowest BCUT2D eigenvalue weighted by molar-refractivity contribution is 0.0574. The number of aromatic nitrogens is 2. The van der Waals surface area contributed by atoms with Crippen LogP contribution in [0.2, 0.25) is 0 Å². The summed E-state index contributed by atoms with van der Waals surface area (Å²) in [7, 11) is 0. The third kappa shape index (κ3) is 3.36. The van der Waals surface area contributed by atoms with Gasteiger partial charge >= 0.3 is 0 Å². The quantitative estimate of drug-likeness (QED) is 0.697. The Labute approximate surface area is 101 Å². The summed E-state index contributed by atoms with van der Waals surface area (Å²) in [5, 5.41) is 18.2. The van der Waals surface area contributed by atoms with E-state index in [2.05, 4.69) is 19.8 Å². The molecule has 1 atom stereocenters. The summed E-state index contributed by atoms with van der Waals surface area (Å²) in [5.41, 5.74) is 0. The van der Waals surface area contributed by atoms with Crippen LogP contribution >= 0.6 is 0 Å². The lowest BCUT2D eigenvalue weighted by Crippen LogP contribution is -2.49. The Hall–Kier alpha value is -1.24. The molecule has 1 saturated heterocycles. The van der Waals surface area contributed by atoms with Crippen LogP contribution < -0.4 is 4.90 Å². The normalized spacial score (nSPS) is 19.3. The fraction of sp³-hybridized carbons (Fsp3) is 0.636. The third-order valence-corrected chi connectivity index (χ3v) is 2.93. The highest BCUT2D eigenvalue weighted by Gasteiger charge is 2.19. The van der Waals surface area contributed by atoms with Gasteiger partial charge in [-0.1, -0.05) is 0 Å². The summed E-state index contributed by atoms with van der Waals surface area (Å²) in [6, 6.07) is 0. The van der Waals surface area contributed by atoms with Crippen molar-refractivity contribution in [1.29, 1.82) is 0 Å². The van der Waals surface area contributed by atoms with Gasteiger partial charge in [-0.2, -0.15) is 0 Å². The minimum Gasteiger partial charge on any atom is -0.394 e. The minimum absolute atomic E-state index is 0.176. The molecule has 0 bridgehead atoms. The molecule has 0 aliphatic carbocycles. The van der Waals surface area contributed by atoms with Gasteiger partial charge in [0, 0.05) is 45.1 Å². The predicted molar refractivity (Wildman–Crippen MR) is 63.8 cm³/mol. The van der Waals surface area contributed by atoms with E-state index in [4.69, 9.17) is 5.11 Å². The van der Waals surface area contributed by atoms with Gasteiger partial charge in [-0.3, -0.25) is 9.88 Å². The Bertz CT molecular complexity index is 328. The molecule has 0 spiro atoms. The van der Waals surface area contributed by atoms with Crippen molar-refractivity contribution in [3.8, 4) is 0 Å². The van der Waals surface area contributed by atoms with Crippen molar-refractivity contribution in [2.24, 2.45) is 0 Å². The smallest absolute Gasteiger partial charge is 0.147 e. The first kappa shape index (κ1) is 12.2. The maximum absolute atomic E-state index is 9.37. The van der Waals surface area contributed by atoms with Gasteiger partial charge in [0.25, 0.3) is 0 Å². The summed E-state index contributed by atoms with van der Waals surface area (Å²) in [5.74, 6) is 0.898. The number of anilines is 1. The van der Waals surface area contributed by atoms with Gasteiger partial charge in [-0.25, -0.2) is 4.98 Å². The molecule has 6 heteroatoms. The Morgan fingerprint density at radius 1 is 1.24 bits per heavy atom. The van der Waals surface area contributed by atoms with Crippen molar-refractivity contribution in [3.05, 3.63) is 18.6 Å². The first-order valence-electron chi connectivity index (χ1n) is 5.82. The molecule has 1 fully saturated rings. The van der Waals surface area contributed by atoms with Crippen molar-refractivity contribution < 1.29 is 10.2 Å². The lowest BCUT2D eigenvalue weighted by atomic mass is 10.2. The van der Waals surface area contributed by atoms with E-state index in [1.54, 1.807) is 18.6 Å². The van der Waals surface area contributed by atoms with Gasteiger partial charge in [-0.15, -0.1) is 0 Å². The number of nitrogens with zero attached hydrogens (tertiary/aromatic N) is 4. The fourth-order valence-electron chi connectivity index (χ4n) is 1.97. The van der Waals surface area contributed by atoms with Crippen LogP contribution in [0.4, 0.5) is 5.82 Å². The van der Waals surface area contributed by atoms with Gasteiger partial charge in [0.2, 0.25) is 0 Å². The summed E-state index contributed by atoms with van der Waals surface area (Å²) < 4.78 is 0. The van der Waals surface area contributed by atoms with Crippen LogP contribution in [0.1, 0.15) is 0 Å². The summed E-state index contributed by atoms with van der Waals surface area (Å²) >= 11 is 0. The molecule has 1 unspecified atom stereocenters. The Balaban J connectivity index is 1.82. The molecule has 0 radical (unpaired) electrons. The molecule has 1 aromatic heterocycles. The van der Waals surface area contributed by atoms with E-state index >= 15 is 0 Å². The van der Waals surface area contributed by atoms with Crippen LogP contribution in [0, 0.1) is 0 Å². The molecule has 2 heterocycles. The molecule has 94 valence electrons. The van der Waals surface area contributed by atoms with Crippen LogP contribution in [-0.2, 0) is 0 Å². The summed E-state index contributed by atoms with van der Waals surface area (Å²) in [6.07, 6.45) is 4.48. The highest BCUT2D eigenvalue weighted by atomic mass is 16.3. The van der Waals surface area contributed by atoms with Gasteiger partial charge < -0.3 is 15.1 Å². The molecule has 0 saturated carbocycles. The SMILES string of the molecule is OCC(O)CN1CCN(c2cnccn2)CC1. The topological polar surface area (TPSA) is 72.7 Å². The van der Waals surface area contributed by atoms with Crippen molar-refractivity contribution in [2.75, 3.05) is 44.2 Å². The molecule has 17 heavy (non-hydrogen) atoms. The number of rotatable bonds is 4. The van der Waals surface area contributed by atoms with Crippen molar-refractivity contribution in [1.82, 2.24) is 14.9 Å². The maximum Gasteiger partial charge on any atom is 0.147 e. The van der Waals surface area contributed by atoms with E-state index in [0.717, 1.165) is 32.0 Å². The van der Waals surface area contributed by atoms with Crippen molar-refractivity contribution >= 4 is 5.82 Å². The predicted octanol–water partition coefficient (Wildman–Crippen LogP) is -1.05. The first-order chi connectivity index (χ1) is 8.29. The van der Waals surface area contributed by atoms with Gasteiger partial charge in [0.05, 0.1) is 18.9 Å². The van der Waals surface area contributed by atoms with E-state index < -0.39 is 6.10 Å². The Kier molecular flexibility index (Phi) is 4.24. The molecule has 2 rings (SSSR count). The molecule has 2 N–H and O–H groups in total. The Morgan fingerprint density at radius 2 is 2.00 bits per heavy atom. The van der Waals surface area contributed by atoms with Crippen molar-refractivity contribution in [2.45, 2.75) is 6.10 Å². The number of aliphatic hydroxyl groups is 2. The summed E-state index contributed by atoms with van der Waals surface area (Å²) in [6.45, 7) is 3.84. The van der Waals surface area contributed by atoms with Crippen LogP contribution in [-0.4, -0.2) is 70.5 Å². The van der Waals surface area contributed by atoms with E-state index in [9.17, 15) is 5.11 Å². The second-order valence-corrected chi connectivity index (χ2v) is 4.19. The highest BCUT2D eigenvalue weighted by Crippen LogP contribution is 2.11. The van der Waals surface area contributed by atoms with Crippen LogP contribution in [0.15, 0.2) is 18.6 Å². The van der Waals surface area contributed by atoms with Crippen LogP contribution in [0.3, 0.4) is 0 Å². The number of β-amino-alcohol motifs (C(OH)–C–C–N with tert-alkyl or cyclic N) is 1. The van der Waals surface area contributed by atoms with E-state index in [1.807, 2.05) is 0 Å². The molecular weight excluding hydrogens is 220 g/mol. The maximum atomic E-state index is 9.37. The monoisotopic (exact) mass is 238 g/mol. The third-order valence-electron chi connectivity index (χ3n) is 2.93. The van der Waals surface area contributed by atoms with E-state index in [-0.39, 0.29) is 6.61 Å². The Morgan fingerprint density at radius 3 is 2.59 bits per heavy atom. The molecule has 1 aliphatic heterocycles. The van der Waals surface area contributed by atoms with E-state index in [1.165, 1.54) is 0 Å². The van der Waals surface area contributed by atoms with Gasteiger partial charge in [0.15, 0.2) is 0 Å². The second-order valence-electron chi connectivity index (χ2n) is 4.19. The lowest BCUT2D eigenvalue weighted by Gasteiger charge is -2.35. The van der Waals surface area contributed by atoms with Gasteiger partial charge in [-0.05, 0) is 0 Å². The first-order valence-corrected chi connectivity index (χ1v) is 5.82. The zero-order valence-corrected chi connectivity index (χ0v) is 9.74. The van der Waals surface area contributed by atoms with E-state index in [0.29, 0.717) is 6.54 Å². The zero-order valence-electron chi connectivity index (χ0n) is 9.74. The van der Waals surface area contributed by atoms with Crippen molar-refractivity contribution in [3.63, 3.8) is 0 Å². The van der Waals surface area contributed by atoms with Gasteiger partial charge in [0.1, 0.15) is 5.82 Å². The molecule has 0 aromatic carbocycles. The number of hydrogen-bond donors (Lipinski definition) is 2. The van der Waals surface area contributed by atoms with Crippen LogP contribution in [0.25, 0.3) is 0 Å². The molecule has 0 amide bonds. The number of piperazine rings is 1. The number of hydrogen-bond acceptors (Lipinski definition) is 6. The summed E-state index contributed by atoms with van der Waals surface area (Å²) in [4.78, 5) is 12.6. The average molecular weight is 238 g/mol. The zero-order chi connectivity index (χ0) is 12.1. The van der Waals surface area contributed by atoms with Crippen LogP contribution in [0.5, 0.6) is 0 Å². The average Bonchev–Trinajstić information content (AvgIpc) is 2.40. The minimum atomic E-state index is -0.641. The standard InChI is InChI=1S/C11H18N4O2/c16-9-10(17)8-14-3-5-15(6-4-14)11-7-12-1-2-13-11/h1-2,7,10,16-17H,3-6,8-9H2. The largest absolute Gasteiger partial charge is 0.394 e. The molecular formula is C11H18N4O2. The molecule has 1 aliphatic rings. The fourth-order valence-corrected chi connectivity index (χ4v) is 1.97. The molecule has 6 nitrogen and oxygen atoms in total. The number of aliphatic hydroxyl groups excluding tert-OH is 2. The highest BCUT2D eigenvalue weighted by molar-refractivity contribution is 5.35. The second kappa shape index (κ2) is 5.90. The molecule has 1 aromatic rings.